The number of rotatable bonds is 6. The molecule has 0 saturated heterocycles. The Bertz CT molecular complexity index is 1060. The van der Waals surface area contributed by atoms with Gasteiger partial charge in [-0.2, -0.15) is 0 Å². The second-order valence-electron chi connectivity index (χ2n) is 7.15. The fourth-order valence-corrected chi connectivity index (χ4v) is 3.15. The molecular formula is C23H22N2O4. The topological polar surface area (TPSA) is 77.5 Å². The van der Waals surface area contributed by atoms with E-state index in [-0.39, 0.29) is 0 Å². The molecule has 148 valence electrons. The van der Waals surface area contributed by atoms with Crippen LogP contribution in [0.15, 0.2) is 54.6 Å². The summed E-state index contributed by atoms with van der Waals surface area (Å²) in [5, 5.41) is 3.47. The lowest BCUT2D eigenvalue weighted by Crippen LogP contribution is -2.30. The monoisotopic (exact) mass is 390 g/mol. The average Bonchev–Trinajstić information content (AvgIpc) is 3.58. The predicted octanol–water partition coefficient (Wildman–Crippen LogP) is 4.30. The van der Waals surface area contributed by atoms with Gasteiger partial charge in [-0.15, -0.1) is 0 Å². The largest absolute Gasteiger partial charge is 0.497 e. The van der Waals surface area contributed by atoms with Gasteiger partial charge < -0.3 is 14.8 Å². The Morgan fingerprint density at radius 1 is 1.10 bits per heavy atom. The molecule has 1 fully saturated rings. The summed E-state index contributed by atoms with van der Waals surface area (Å²) in [5.41, 5.74) is 2.72. The first kappa shape index (κ1) is 18.9. The number of esters is 1. The van der Waals surface area contributed by atoms with Gasteiger partial charge in [0.1, 0.15) is 5.75 Å². The van der Waals surface area contributed by atoms with Gasteiger partial charge in [0.25, 0.3) is 5.91 Å². The molecular weight excluding hydrogens is 368 g/mol. The lowest BCUT2D eigenvalue weighted by atomic mass is 10.1. The van der Waals surface area contributed by atoms with Crippen molar-refractivity contribution in [2.75, 3.05) is 12.4 Å². The van der Waals surface area contributed by atoms with Crippen molar-refractivity contribution in [2.45, 2.75) is 31.8 Å². The summed E-state index contributed by atoms with van der Waals surface area (Å²) in [4.78, 5) is 30.0. The number of benzene rings is 2. The van der Waals surface area contributed by atoms with E-state index in [4.69, 9.17) is 9.47 Å². The number of amides is 1. The number of pyridine rings is 1. The molecule has 3 aromatic rings. The molecule has 0 bridgehead atoms. The summed E-state index contributed by atoms with van der Waals surface area (Å²) in [6, 6.07) is 16.2. The molecule has 1 N–H and O–H groups in total. The van der Waals surface area contributed by atoms with Crippen molar-refractivity contribution in [2.24, 2.45) is 0 Å². The highest BCUT2D eigenvalue weighted by molar-refractivity contribution is 6.05. The minimum absolute atomic E-state index is 0.399. The zero-order valence-corrected chi connectivity index (χ0v) is 16.3. The maximum Gasteiger partial charge on any atom is 0.339 e. The fraction of sp³-hybridized carbons (Fsp3) is 0.261. The van der Waals surface area contributed by atoms with E-state index in [1.54, 1.807) is 44.4 Å². The number of anilines is 1. The molecule has 0 aliphatic heterocycles. The lowest BCUT2D eigenvalue weighted by Gasteiger charge is -2.15. The number of ether oxygens (including phenoxy) is 2. The molecule has 0 radical (unpaired) electrons. The van der Waals surface area contributed by atoms with Crippen LogP contribution in [0, 0.1) is 0 Å². The Hall–Kier alpha value is -3.41. The van der Waals surface area contributed by atoms with Crippen molar-refractivity contribution in [1.29, 1.82) is 0 Å². The molecule has 1 heterocycles. The van der Waals surface area contributed by atoms with Crippen molar-refractivity contribution >= 4 is 28.5 Å². The number of hydrogen-bond acceptors (Lipinski definition) is 5. The SMILES string of the molecule is COc1ccc(NC(=O)[C@H](C)OC(=O)c2cc(C3CC3)nc3ccccc23)cc1. The first-order valence-corrected chi connectivity index (χ1v) is 9.60. The Morgan fingerprint density at radius 3 is 2.52 bits per heavy atom. The molecule has 1 saturated carbocycles. The van der Waals surface area contributed by atoms with Crippen LogP contribution >= 0.6 is 0 Å². The zero-order valence-electron chi connectivity index (χ0n) is 16.3. The number of methoxy groups -OCH3 is 1. The van der Waals surface area contributed by atoms with E-state index in [9.17, 15) is 9.59 Å². The highest BCUT2D eigenvalue weighted by atomic mass is 16.5. The minimum atomic E-state index is -0.944. The van der Waals surface area contributed by atoms with Crippen molar-refractivity contribution < 1.29 is 19.1 Å². The Morgan fingerprint density at radius 2 is 1.83 bits per heavy atom. The van der Waals surface area contributed by atoms with Crippen LogP contribution in [0.2, 0.25) is 0 Å². The predicted molar refractivity (Wildman–Crippen MR) is 110 cm³/mol. The van der Waals surface area contributed by atoms with Crippen molar-refractivity contribution in [3.8, 4) is 5.75 Å². The summed E-state index contributed by atoms with van der Waals surface area (Å²) in [6.07, 6.45) is 1.22. The van der Waals surface area contributed by atoms with E-state index >= 15 is 0 Å². The molecule has 0 unspecified atom stereocenters. The highest BCUT2D eigenvalue weighted by Gasteiger charge is 2.28. The van der Waals surface area contributed by atoms with E-state index in [0.717, 1.165) is 29.4 Å². The van der Waals surface area contributed by atoms with Gasteiger partial charge >= 0.3 is 5.97 Å². The summed E-state index contributed by atoms with van der Waals surface area (Å²) in [7, 11) is 1.58. The van der Waals surface area contributed by atoms with E-state index in [2.05, 4.69) is 10.3 Å². The van der Waals surface area contributed by atoms with E-state index < -0.39 is 18.0 Å². The fourth-order valence-electron chi connectivity index (χ4n) is 3.15. The van der Waals surface area contributed by atoms with Gasteiger partial charge in [0.2, 0.25) is 0 Å². The number of carbonyl (C=O) groups is 2. The smallest absolute Gasteiger partial charge is 0.339 e. The van der Waals surface area contributed by atoms with Crippen LogP contribution in [0.1, 0.15) is 41.7 Å². The molecule has 1 atom stereocenters. The van der Waals surface area contributed by atoms with Crippen LogP contribution in [0.5, 0.6) is 5.75 Å². The van der Waals surface area contributed by atoms with Crippen LogP contribution in [0.25, 0.3) is 10.9 Å². The molecule has 1 aliphatic carbocycles. The molecule has 6 nitrogen and oxygen atoms in total. The van der Waals surface area contributed by atoms with Crippen LogP contribution in [0.4, 0.5) is 5.69 Å². The van der Waals surface area contributed by atoms with Crippen molar-refractivity contribution in [1.82, 2.24) is 4.98 Å². The van der Waals surface area contributed by atoms with Crippen LogP contribution in [-0.2, 0) is 9.53 Å². The second kappa shape index (κ2) is 7.91. The molecule has 2 aromatic carbocycles. The first-order chi connectivity index (χ1) is 14.0. The number of aromatic nitrogens is 1. The zero-order chi connectivity index (χ0) is 20.4. The third kappa shape index (κ3) is 4.21. The molecule has 29 heavy (non-hydrogen) atoms. The molecule has 6 heteroatoms. The maximum absolute atomic E-state index is 12.9. The average molecular weight is 390 g/mol. The van der Waals surface area contributed by atoms with Gasteiger partial charge in [-0.3, -0.25) is 9.78 Å². The molecule has 1 aromatic heterocycles. The van der Waals surface area contributed by atoms with Crippen LogP contribution in [-0.4, -0.2) is 30.1 Å². The lowest BCUT2D eigenvalue weighted by molar-refractivity contribution is -0.123. The molecule has 1 amide bonds. The van der Waals surface area contributed by atoms with E-state index in [1.807, 2.05) is 24.3 Å². The number of para-hydroxylation sites is 1. The number of nitrogens with one attached hydrogen (secondary N) is 1. The highest BCUT2D eigenvalue weighted by Crippen LogP contribution is 2.40. The van der Waals surface area contributed by atoms with Gasteiger partial charge in [0, 0.05) is 22.7 Å². The third-order valence-corrected chi connectivity index (χ3v) is 4.96. The molecule has 0 spiro atoms. The van der Waals surface area contributed by atoms with Gasteiger partial charge in [-0.1, -0.05) is 18.2 Å². The van der Waals surface area contributed by atoms with Gasteiger partial charge in [-0.25, -0.2) is 4.79 Å². The van der Waals surface area contributed by atoms with E-state index in [0.29, 0.717) is 22.9 Å². The molecule has 1 aliphatic rings. The Labute approximate surface area is 168 Å². The number of carbonyl (C=O) groups excluding carboxylic acids is 2. The number of fused-ring (bicyclic) bond motifs is 1. The second-order valence-corrected chi connectivity index (χ2v) is 7.15. The number of nitrogens with zero attached hydrogens (tertiary/aromatic N) is 1. The Balaban J connectivity index is 1.50. The number of hydrogen-bond donors (Lipinski definition) is 1. The van der Waals surface area contributed by atoms with Crippen LogP contribution in [0.3, 0.4) is 0 Å². The third-order valence-electron chi connectivity index (χ3n) is 4.96. The van der Waals surface area contributed by atoms with Crippen molar-refractivity contribution in [3.63, 3.8) is 0 Å². The normalized spacial score (nSPS) is 14.3. The van der Waals surface area contributed by atoms with Gasteiger partial charge in [-0.05, 0) is 56.2 Å². The summed E-state index contributed by atoms with van der Waals surface area (Å²) < 4.78 is 10.6. The van der Waals surface area contributed by atoms with Crippen molar-refractivity contribution in [3.05, 3.63) is 65.9 Å². The molecule has 4 rings (SSSR count). The summed E-state index contributed by atoms with van der Waals surface area (Å²) in [6.45, 7) is 1.56. The Kier molecular flexibility index (Phi) is 5.16. The van der Waals surface area contributed by atoms with Gasteiger partial charge in [0.05, 0.1) is 18.2 Å². The first-order valence-electron chi connectivity index (χ1n) is 9.60. The maximum atomic E-state index is 12.9. The van der Waals surface area contributed by atoms with E-state index in [1.165, 1.54) is 0 Å². The van der Waals surface area contributed by atoms with Gasteiger partial charge in [0.15, 0.2) is 6.10 Å². The quantitative estimate of drug-likeness (QED) is 0.635. The standard InChI is InChI=1S/C23H22N2O4/c1-14(22(26)24-16-9-11-17(28-2)12-10-16)29-23(27)19-13-21(15-7-8-15)25-20-6-4-3-5-18(19)20/h3-6,9-15H,7-8H2,1-2H3,(H,24,26)/t14-/m0/s1. The summed E-state index contributed by atoms with van der Waals surface area (Å²) >= 11 is 0. The van der Waals surface area contributed by atoms with Crippen LogP contribution < -0.4 is 10.1 Å². The summed E-state index contributed by atoms with van der Waals surface area (Å²) in [5.74, 6) is 0.174. The minimum Gasteiger partial charge on any atom is -0.497 e.